The van der Waals surface area contributed by atoms with Gasteiger partial charge in [0.1, 0.15) is 0 Å². The highest BCUT2D eigenvalue weighted by molar-refractivity contribution is 5.33. The van der Waals surface area contributed by atoms with Crippen molar-refractivity contribution in [3.8, 4) is 0 Å². The molecule has 0 radical (unpaired) electrons. The number of rotatable bonds is 3. The van der Waals surface area contributed by atoms with Gasteiger partial charge >= 0.3 is 0 Å². The first-order chi connectivity index (χ1) is 10.4. The number of fused-ring (bicyclic) bond motifs is 1. The van der Waals surface area contributed by atoms with E-state index in [-0.39, 0.29) is 5.56 Å². The molecule has 1 saturated carbocycles. The Hall–Kier alpha value is -1.13. The number of pyridine rings is 1. The summed E-state index contributed by atoms with van der Waals surface area (Å²) in [7, 11) is 0. The Balaban J connectivity index is 2.16. The monoisotopic (exact) mass is 303 g/mol. The second-order valence-electron chi connectivity index (χ2n) is 7.48. The number of nitrogens with two attached hydrogens (primary N) is 1. The topological polar surface area (TPSA) is 51.3 Å². The molecule has 0 amide bonds. The summed E-state index contributed by atoms with van der Waals surface area (Å²) in [5, 5.41) is 0. The minimum absolute atomic E-state index is 0.156. The standard InChI is InChI=1S/C18H29N3O/c1-4-20-10-9-16-13(12-20)11-15(18(2,3)19)17(22)21(16)14-7-5-6-8-14/h11,14H,4-10,12,19H2,1-3H3. The van der Waals surface area contributed by atoms with E-state index < -0.39 is 5.54 Å². The number of likely N-dealkylation sites (N-methyl/N-ethyl adjacent to an activating group) is 1. The Morgan fingerprint density at radius 2 is 2.00 bits per heavy atom. The number of hydrogen-bond donors (Lipinski definition) is 1. The summed E-state index contributed by atoms with van der Waals surface area (Å²) in [6.07, 6.45) is 5.74. The molecule has 1 aliphatic carbocycles. The van der Waals surface area contributed by atoms with E-state index in [1.54, 1.807) is 0 Å². The average molecular weight is 303 g/mol. The van der Waals surface area contributed by atoms with Gasteiger partial charge in [0, 0.05) is 42.3 Å². The summed E-state index contributed by atoms with van der Waals surface area (Å²) in [5.74, 6) is 0. The Bertz CT molecular complexity index is 606. The first-order valence-corrected chi connectivity index (χ1v) is 8.70. The zero-order chi connectivity index (χ0) is 15.9. The average Bonchev–Trinajstić information content (AvgIpc) is 2.98. The normalized spacial score (nSPS) is 20.4. The van der Waals surface area contributed by atoms with E-state index in [0.29, 0.717) is 6.04 Å². The molecule has 0 unspecified atom stereocenters. The Morgan fingerprint density at radius 1 is 1.32 bits per heavy atom. The molecule has 0 atom stereocenters. The smallest absolute Gasteiger partial charge is 0.256 e. The molecule has 122 valence electrons. The maximum absolute atomic E-state index is 13.1. The zero-order valence-electron chi connectivity index (χ0n) is 14.2. The van der Waals surface area contributed by atoms with Crippen LogP contribution in [-0.4, -0.2) is 22.6 Å². The number of nitrogens with zero attached hydrogens (tertiary/aromatic N) is 2. The molecule has 1 fully saturated rings. The van der Waals surface area contributed by atoms with Crippen LogP contribution in [0.3, 0.4) is 0 Å². The molecule has 22 heavy (non-hydrogen) atoms. The summed E-state index contributed by atoms with van der Waals surface area (Å²) >= 11 is 0. The number of hydrogen-bond acceptors (Lipinski definition) is 3. The van der Waals surface area contributed by atoms with Gasteiger partial charge in [-0.05, 0) is 44.9 Å². The Morgan fingerprint density at radius 3 is 2.59 bits per heavy atom. The van der Waals surface area contributed by atoms with Crippen LogP contribution in [0.4, 0.5) is 0 Å². The van der Waals surface area contributed by atoms with Gasteiger partial charge in [0.05, 0.1) is 0 Å². The van der Waals surface area contributed by atoms with E-state index in [4.69, 9.17) is 5.73 Å². The third kappa shape index (κ3) is 2.74. The van der Waals surface area contributed by atoms with Crippen molar-refractivity contribution >= 4 is 0 Å². The fourth-order valence-corrected chi connectivity index (χ4v) is 4.01. The van der Waals surface area contributed by atoms with Crippen molar-refractivity contribution in [1.29, 1.82) is 0 Å². The fraction of sp³-hybridized carbons (Fsp3) is 0.722. The van der Waals surface area contributed by atoms with E-state index in [0.717, 1.165) is 44.5 Å². The third-order valence-corrected chi connectivity index (χ3v) is 5.32. The molecular formula is C18H29N3O. The van der Waals surface area contributed by atoms with E-state index in [1.807, 2.05) is 13.8 Å². The van der Waals surface area contributed by atoms with Crippen LogP contribution in [0.5, 0.6) is 0 Å². The molecule has 4 nitrogen and oxygen atoms in total. The van der Waals surface area contributed by atoms with Crippen LogP contribution in [0.25, 0.3) is 0 Å². The van der Waals surface area contributed by atoms with Gasteiger partial charge < -0.3 is 10.3 Å². The lowest BCUT2D eigenvalue weighted by molar-refractivity contribution is 0.258. The molecule has 0 spiro atoms. The molecule has 2 N–H and O–H groups in total. The summed E-state index contributed by atoms with van der Waals surface area (Å²) in [6, 6.07) is 2.47. The minimum atomic E-state index is -0.582. The maximum atomic E-state index is 13.1. The van der Waals surface area contributed by atoms with Crippen molar-refractivity contribution in [2.24, 2.45) is 5.73 Å². The van der Waals surface area contributed by atoms with Gasteiger partial charge in [-0.1, -0.05) is 19.8 Å². The van der Waals surface area contributed by atoms with E-state index in [2.05, 4.69) is 22.5 Å². The first kappa shape index (κ1) is 15.8. The summed E-state index contributed by atoms with van der Waals surface area (Å²) < 4.78 is 2.12. The van der Waals surface area contributed by atoms with Crippen molar-refractivity contribution in [3.63, 3.8) is 0 Å². The second-order valence-corrected chi connectivity index (χ2v) is 7.48. The van der Waals surface area contributed by atoms with Gasteiger partial charge in [-0.15, -0.1) is 0 Å². The van der Waals surface area contributed by atoms with Gasteiger partial charge in [0.15, 0.2) is 0 Å². The van der Waals surface area contributed by atoms with Crippen LogP contribution < -0.4 is 11.3 Å². The van der Waals surface area contributed by atoms with Gasteiger partial charge in [-0.2, -0.15) is 0 Å². The minimum Gasteiger partial charge on any atom is -0.322 e. The lowest BCUT2D eigenvalue weighted by Gasteiger charge is -2.33. The fourth-order valence-electron chi connectivity index (χ4n) is 4.01. The lowest BCUT2D eigenvalue weighted by Crippen LogP contribution is -2.43. The maximum Gasteiger partial charge on any atom is 0.256 e. The van der Waals surface area contributed by atoms with Crippen molar-refractivity contribution in [2.45, 2.75) is 71.0 Å². The second kappa shape index (κ2) is 5.82. The molecule has 3 rings (SSSR count). The summed E-state index contributed by atoms with van der Waals surface area (Å²) in [6.45, 7) is 9.14. The van der Waals surface area contributed by atoms with Crippen molar-refractivity contribution in [3.05, 3.63) is 33.2 Å². The van der Waals surface area contributed by atoms with E-state index >= 15 is 0 Å². The van der Waals surface area contributed by atoms with Gasteiger partial charge in [-0.25, -0.2) is 0 Å². The summed E-state index contributed by atoms with van der Waals surface area (Å²) in [5.41, 5.74) is 9.23. The third-order valence-electron chi connectivity index (χ3n) is 5.32. The highest BCUT2D eigenvalue weighted by Gasteiger charge is 2.29. The molecule has 0 bridgehead atoms. The molecule has 1 aliphatic heterocycles. The van der Waals surface area contributed by atoms with Crippen LogP contribution in [0.15, 0.2) is 10.9 Å². The van der Waals surface area contributed by atoms with Crippen molar-refractivity contribution in [1.82, 2.24) is 9.47 Å². The molecular weight excluding hydrogens is 274 g/mol. The lowest BCUT2D eigenvalue weighted by atomic mass is 9.92. The van der Waals surface area contributed by atoms with Crippen LogP contribution in [0, 0.1) is 0 Å². The van der Waals surface area contributed by atoms with Gasteiger partial charge in [0.25, 0.3) is 5.56 Å². The Labute approximate surface area is 133 Å². The van der Waals surface area contributed by atoms with Crippen molar-refractivity contribution < 1.29 is 0 Å². The molecule has 2 aliphatic rings. The Kier molecular flexibility index (Phi) is 4.17. The SMILES string of the molecule is CCN1CCc2c(cc(C(C)(C)N)c(=O)n2C2CCCC2)C1. The predicted octanol–water partition coefficient (Wildman–Crippen LogP) is 2.54. The zero-order valence-corrected chi connectivity index (χ0v) is 14.2. The van der Waals surface area contributed by atoms with Crippen LogP contribution in [-0.2, 0) is 18.5 Å². The molecule has 1 aromatic heterocycles. The molecule has 1 aromatic rings. The number of aromatic nitrogens is 1. The highest BCUT2D eigenvalue weighted by Crippen LogP contribution is 2.32. The quantitative estimate of drug-likeness (QED) is 0.933. The van der Waals surface area contributed by atoms with E-state index in [1.165, 1.54) is 24.1 Å². The molecule has 4 heteroatoms. The molecule has 0 saturated heterocycles. The van der Waals surface area contributed by atoms with Gasteiger partial charge in [-0.3, -0.25) is 9.69 Å². The predicted molar refractivity (Wildman–Crippen MR) is 90.1 cm³/mol. The molecule has 2 heterocycles. The van der Waals surface area contributed by atoms with Crippen LogP contribution in [0.2, 0.25) is 0 Å². The first-order valence-electron chi connectivity index (χ1n) is 8.70. The highest BCUT2D eigenvalue weighted by atomic mass is 16.1. The molecule has 0 aromatic carbocycles. The van der Waals surface area contributed by atoms with Gasteiger partial charge in [0.2, 0.25) is 0 Å². The van der Waals surface area contributed by atoms with Crippen LogP contribution >= 0.6 is 0 Å². The van der Waals surface area contributed by atoms with E-state index in [9.17, 15) is 4.79 Å². The summed E-state index contributed by atoms with van der Waals surface area (Å²) in [4.78, 5) is 15.5. The van der Waals surface area contributed by atoms with Crippen LogP contribution in [0.1, 0.15) is 69.3 Å². The largest absolute Gasteiger partial charge is 0.322 e. The van der Waals surface area contributed by atoms with Crippen molar-refractivity contribution in [2.75, 3.05) is 13.1 Å².